The highest BCUT2D eigenvalue weighted by Gasteiger charge is 2.68. The second kappa shape index (κ2) is 3.78. The third kappa shape index (κ3) is 1.95. The van der Waals surface area contributed by atoms with E-state index in [9.17, 15) is 13.2 Å². The van der Waals surface area contributed by atoms with Crippen molar-refractivity contribution in [2.45, 2.75) is 17.9 Å². The van der Waals surface area contributed by atoms with Crippen LogP contribution in [0.5, 0.6) is 0 Å². The van der Waals surface area contributed by atoms with Crippen molar-refractivity contribution < 1.29 is 23.2 Å². The van der Waals surface area contributed by atoms with Crippen molar-refractivity contribution in [3.8, 4) is 0 Å². The molecule has 6 heteroatoms. The lowest BCUT2D eigenvalue weighted by atomic mass is 9.80. The van der Waals surface area contributed by atoms with Crippen molar-refractivity contribution >= 4 is 7.12 Å². The van der Waals surface area contributed by atoms with Gasteiger partial charge in [-0.15, -0.1) is 0 Å². The molecule has 0 aromatic heterocycles. The maximum absolute atomic E-state index is 12.6. The third-order valence-electron chi connectivity index (χ3n) is 2.98. The van der Waals surface area contributed by atoms with E-state index in [1.165, 1.54) is 0 Å². The Morgan fingerprint density at radius 1 is 1.06 bits per heavy atom. The summed E-state index contributed by atoms with van der Waals surface area (Å²) in [5.74, 6) is -3.61. The summed E-state index contributed by atoms with van der Waals surface area (Å²) in [5.41, 5.74) is 0.503. The summed E-state index contributed by atoms with van der Waals surface area (Å²) in [4.78, 5) is 0. The molecule has 1 aromatic carbocycles. The van der Waals surface area contributed by atoms with Crippen LogP contribution in [0, 0.1) is 5.92 Å². The summed E-state index contributed by atoms with van der Waals surface area (Å²) in [6, 6.07) is 8.14. The highest BCUT2D eigenvalue weighted by molar-refractivity contribution is 6.45. The van der Waals surface area contributed by atoms with Gasteiger partial charge in [0.05, 0.1) is 5.92 Å². The minimum Gasteiger partial charge on any atom is -0.427 e. The first-order chi connectivity index (χ1) is 7.43. The first-order valence-corrected chi connectivity index (χ1v) is 4.90. The normalized spacial score (nSPS) is 28.9. The summed E-state index contributed by atoms with van der Waals surface area (Å²) in [6.07, 6.45) is -4.38. The van der Waals surface area contributed by atoms with Crippen LogP contribution in [-0.4, -0.2) is 23.3 Å². The summed E-state index contributed by atoms with van der Waals surface area (Å²) in [6.45, 7) is 0. The van der Waals surface area contributed by atoms with E-state index in [2.05, 4.69) is 0 Å². The fourth-order valence-electron chi connectivity index (χ4n) is 2.23. The van der Waals surface area contributed by atoms with Crippen molar-refractivity contribution in [1.29, 1.82) is 0 Å². The fraction of sp³-hybridized carbons (Fsp3) is 0.400. The van der Waals surface area contributed by atoms with Gasteiger partial charge in [0, 0.05) is 5.82 Å². The van der Waals surface area contributed by atoms with Gasteiger partial charge in [0.15, 0.2) is 0 Å². The number of rotatable bonds is 2. The van der Waals surface area contributed by atoms with E-state index in [0.717, 1.165) is 0 Å². The molecular weight excluding hydrogens is 220 g/mol. The Morgan fingerprint density at radius 2 is 1.62 bits per heavy atom. The van der Waals surface area contributed by atoms with Crippen molar-refractivity contribution in [2.75, 3.05) is 0 Å². The SMILES string of the molecule is OB(O)C1C(c2ccccc2)C1C(F)(F)F. The van der Waals surface area contributed by atoms with E-state index >= 15 is 0 Å². The summed E-state index contributed by atoms with van der Waals surface area (Å²) in [5, 5.41) is 17.8. The van der Waals surface area contributed by atoms with Gasteiger partial charge in [0.1, 0.15) is 0 Å². The standard InChI is InChI=1S/C10H10BF3O2/c12-10(13,14)8-7(9(8)11(15)16)6-4-2-1-3-5-6/h1-5,7-9,15-16H. The molecule has 2 rings (SSSR count). The Bertz CT molecular complexity index is 366. The maximum atomic E-state index is 12.6. The van der Waals surface area contributed by atoms with Crippen LogP contribution in [0.1, 0.15) is 11.5 Å². The van der Waals surface area contributed by atoms with E-state index in [1.807, 2.05) is 0 Å². The molecule has 0 bridgehead atoms. The van der Waals surface area contributed by atoms with Crippen LogP contribution in [0.3, 0.4) is 0 Å². The zero-order valence-corrected chi connectivity index (χ0v) is 8.22. The molecule has 0 aliphatic heterocycles. The van der Waals surface area contributed by atoms with E-state index in [4.69, 9.17) is 10.0 Å². The Hall–Kier alpha value is -1.01. The van der Waals surface area contributed by atoms with Crippen molar-refractivity contribution in [2.24, 2.45) is 5.92 Å². The smallest absolute Gasteiger partial charge is 0.427 e. The number of hydrogen-bond acceptors (Lipinski definition) is 2. The molecule has 0 amide bonds. The molecule has 1 saturated carbocycles. The first-order valence-electron chi connectivity index (χ1n) is 4.90. The predicted octanol–water partition coefficient (Wildman–Crippen LogP) is 1.81. The first kappa shape index (κ1) is 11.5. The minimum atomic E-state index is -4.38. The zero-order valence-electron chi connectivity index (χ0n) is 8.22. The molecule has 0 saturated heterocycles. The van der Waals surface area contributed by atoms with Gasteiger partial charge in [-0.25, -0.2) is 0 Å². The molecule has 3 unspecified atom stereocenters. The van der Waals surface area contributed by atoms with E-state index < -0.39 is 30.9 Å². The summed E-state index contributed by atoms with van der Waals surface area (Å²) in [7, 11) is -1.92. The van der Waals surface area contributed by atoms with Gasteiger partial charge >= 0.3 is 13.3 Å². The molecule has 0 spiro atoms. The highest BCUT2D eigenvalue weighted by atomic mass is 19.4. The average molecular weight is 230 g/mol. The van der Waals surface area contributed by atoms with Crippen LogP contribution in [0.2, 0.25) is 5.82 Å². The molecule has 1 aliphatic rings. The fourth-order valence-corrected chi connectivity index (χ4v) is 2.23. The van der Waals surface area contributed by atoms with Gasteiger partial charge in [0.25, 0.3) is 0 Å². The molecule has 2 nitrogen and oxygen atoms in total. The molecule has 1 fully saturated rings. The monoisotopic (exact) mass is 230 g/mol. The molecule has 3 atom stereocenters. The average Bonchev–Trinajstić information content (AvgIpc) is 2.93. The van der Waals surface area contributed by atoms with E-state index in [0.29, 0.717) is 5.56 Å². The Morgan fingerprint density at radius 3 is 2.00 bits per heavy atom. The lowest BCUT2D eigenvalue weighted by Crippen LogP contribution is -2.18. The highest BCUT2D eigenvalue weighted by Crippen LogP contribution is 2.66. The predicted molar refractivity (Wildman–Crippen MR) is 52.7 cm³/mol. The van der Waals surface area contributed by atoms with Gasteiger partial charge in [-0.1, -0.05) is 30.3 Å². The number of benzene rings is 1. The van der Waals surface area contributed by atoms with Gasteiger partial charge in [-0.3, -0.25) is 0 Å². The summed E-state index contributed by atoms with van der Waals surface area (Å²) >= 11 is 0. The lowest BCUT2D eigenvalue weighted by Gasteiger charge is -2.05. The van der Waals surface area contributed by atoms with Gasteiger partial charge < -0.3 is 10.0 Å². The largest absolute Gasteiger partial charge is 0.456 e. The van der Waals surface area contributed by atoms with Crippen LogP contribution in [0.4, 0.5) is 13.2 Å². The Balaban J connectivity index is 2.23. The maximum Gasteiger partial charge on any atom is 0.456 e. The molecule has 1 aliphatic carbocycles. The second-order valence-corrected chi connectivity index (χ2v) is 3.99. The number of hydrogen-bond donors (Lipinski definition) is 2. The molecule has 0 radical (unpaired) electrons. The van der Waals surface area contributed by atoms with Crippen molar-refractivity contribution in [3.05, 3.63) is 35.9 Å². The number of halogens is 3. The minimum absolute atomic E-state index is 0.503. The Kier molecular flexibility index (Phi) is 2.71. The van der Waals surface area contributed by atoms with Crippen LogP contribution >= 0.6 is 0 Å². The number of alkyl halides is 3. The van der Waals surface area contributed by atoms with Gasteiger partial charge in [-0.05, 0) is 11.5 Å². The van der Waals surface area contributed by atoms with Crippen molar-refractivity contribution in [1.82, 2.24) is 0 Å². The van der Waals surface area contributed by atoms with Crippen molar-refractivity contribution in [3.63, 3.8) is 0 Å². The third-order valence-corrected chi connectivity index (χ3v) is 2.98. The molecule has 86 valence electrons. The van der Waals surface area contributed by atoms with Gasteiger partial charge in [-0.2, -0.15) is 13.2 Å². The van der Waals surface area contributed by atoms with E-state index in [1.54, 1.807) is 30.3 Å². The summed E-state index contributed by atoms with van der Waals surface area (Å²) < 4.78 is 37.7. The quantitative estimate of drug-likeness (QED) is 0.760. The second-order valence-electron chi connectivity index (χ2n) is 3.99. The van der Waals surface area contributed by atoms with Crippen LogP contribution < -0.4 is 0 Å². The van der Waals surface area contributed by atoms with Gasteiger partial charge in [0.2, 0.25) is 0 Å². The zero-order chi connectivity index (χ0) is 11.9. The van der Waals surface area contributed by atoms with Crippen LogP contribution in [0.25, 0.3) is 0 Å². The molecule has 16 heavy (non-hydrogen) atoms. The topological polar surface area (TPSA) is 40.5 Å². The van der Waals surface area contributed by atoms with Crippen LogP contribution in [-0.2, 0) is 0 Å². The molecule has 1 aromatic rings. The molecule has 2 N–H and O–H groups in total. The molecule has 0 heterocycles. The van der Waals surface area contributed by atoms with E-state index in [-0.39, 0.29) is 0 Å². The molecular formula is C10H10BF3O2. The van der Waals surface area contributed by atoms with Crippen LogP contribution in [0.15, 0.2) is 30.3 Å². The lowest BCUT2D eigenvalue weighted by molar-refractivity contribution is -0.149. The Labute approximate surface area is 90.9 Å².